The number of likely N-dealkylation sites (tertiary alicyclic amines) is 2. The van der Waals surface area contributed by atoms with Gasteiger partial charge in [0.05, 0.1) is 18.4 Å². The summed E-state index contributed by atoms with van der Waals surface area (Å²) in [5.74, 6) is 0.539. The monoisotopic (exact) mass is 541 g/mol. The summed E-state index contributed by atoms with van der Waals surface area (Å²) < 4.78 is 5.60. The van der Waals surface area contributed by atoms with E-state index in [-0.39, 0.29) is 14.7 Å². The van der Waals surface area contributed by atoms with E-state index < -0.39 is 0 Å². The second-order valence-electron chi connectivity index (χ2n) is 10.7. The van der Waals surface area contributed by atoms with Crippen molar-refractivity contribution in [3.63, 3.8) is 0 Å². The van der Waals surface area contributed by atoms with Gasteiger partial charge in [0.15, 0.2) is 0 Å². The predicted octanol–water partition coefficient (Wildman–Crippen LogP) is 6.06. The fourth-order valence-electron chi connectivity index (χ4n) is 6.16. The van der Waals surface area contributed by atoms with E-state index in [0.717, 1.165) is 65.0 Å². The number of benzene rings is 2. The summed E-state index contributed by atoms with van der Waals surface area (Å²) in [7, 11) is 1.67. The molecule has 8 nitrogen and oxygen atoms in total. The highest BCUT2D eigenvalue weighted by atomic mass is 16.5. The maximum absolute atomic E-state index is 13.8. The van der Waals surface area contributed by atoms with Gasteiger partial charge in [0, 0.05) is 63.4 Å². The van der Waals surface area contributed by atoms with Crippen LogP contribution in [0.15, 0.2) is 60.9 Å². The van der Waals surface area contributed by atoms with E-state index in [0.29, 0.717) is 17.3 Å². The first-order valence-corrected chi connectivity index (χ1v) is 14.1. The minimum Gasteiger partial charge on any atom is -0.496 e. The van der Waals surface area contributed by atoms with Crippen molar-refractivity contribution < 1.29 is 17.2 Å². The van der Waals surface area contributed by atoms with Crippen molar-refractivity contribution in [1.82, 2.24) is 19.8 Å². The topological polar surface area (TPSA) is 90.6 Å². The van der Waals surface area contributed by atoms with Gasteiger partial charge in [0.25, 0.3) is 5.91 Å². The van der Waals surface area contributed by atoms with Crippen LogP contribution < -0.4 is 10.1 Å². The van der Waals surface area contributed by atoms with Crippen LogP contribution in [0.1, 0.15) is 45.8 Å². The molecule has 2 aromatic carbocycles. The molecule has 8 heteroatoms. The highest BCUT2D eigenvalue weighted by Crippen LogP contribution is 2.36. The third-order valence-electron chi connectivity index (χ3n) is 8.23. The van der Waals surface area contributed by atoms with Crippen LogP contribution in [0.4, 0.5) is 5.69 Å². The van der Waals surface area contributed by atoms with Gasteiger partial charge in [-0.25, -0.2) is 4.98 Å². The van der Waals surface area contributed by atoms with E-state index >= 15 is 0 Å². The Bertz CT molecular complexity index is 1560. The first kappa shape index (κ1) is 26.1. The second-order valence-corrected chi connectivity index (χ2v) is 10.7. The number of para-hydroxylation sites is 1. The molecule has 0 radical (unpaired) electrons. The highest BCUT2D eigenvalue weighted by molar-refractivity contribution is 6.05. The molecule has 0 saturated carbocycles. The molecule has 40 heavy (non-hydrogen) atoms. The minimum atomic E-state index is -0.202. The summed E-state index contributed by atoms with van der Waals surface area (Å²) in [5, 5.41) is 3.83. The van der Waals surface area contributed by atoms with Crippen LogP contribution in [0, 0.1) is 0 Å². The molecule has 0 atom stereocenters. The number of nitrogens with one attached hydrogen (secondary N) is 2. The van der Waals surface area contributed by atoms with Crippen LogP contribution in [0.2, 0.25) is 0 Å². The number of methoxy groups -OCH3 is 1. The summed E-state index contributed by atoms with van der Waals surface area (Å²) >= 11 is 0. The number of aromatic nitrogens is 2. The Morgan fingerprint density at radius 2 is 1.77 bits per heavy atom. The largest absolute Gasteiger partial charge is 0.496 e. The third kappa shape index (κ3) is 5.07. The van der Waals surface area contributed by atoms with Crippen molar-refractivity contribution in [2.24, 2.45) is 0 Å². The fourth-order valence-corrected chi connectivity index (χ4v) is 6.16. The van der Waals surface area contributed by atoms with Gasteiger partial charge < -0.3 is 24.8 Å². The minimum absolute atomic E-state index is 0. The normalized spacial score (nSPS) is 16.4. The molecule has 6 rings (SSSR count). The maximum atomic E-state index is 13.8. The smallest absolute Gasteiger partial charge is 0.255 e. The lowest BCUT2D eigenvalue weighted by atomic mass is 9.98. The molecule has 0 spiro atoms. The lowest BCUT2D eigenvalue weighted by molar-refractivity contribution is -0.114. The summed E-state index contributed by atoms with van der Waals surface area (Å²) in [5.41, 5.74) is 5.54. The van der Waals surface area contributed by atoms with Crippen molar-refractivity contribution in [2.75, 3.05) is 38.6 Å². The number of anilines is 1. The van der Waals surface area contributed by atoms with Gasteiger partial charge in [-0.1, -0.05) is 24.3 Å². The Balaban J connectivity index is 0.00000202. The van der Waals surface area contributed by atoms with Gasteiger partial charge >= 0.3 is 0 Å². The average Bonchev–Trinajstić information content (AvgIpc) is 3.67. The number of carbonyl (C=O) groups excluding carboxylic acids is 2. The number of pyridine rings is 1. The molecule has 4 heterocycles. The molecule has 0 bridgehead atoms. The number of amides is 2. The number of nitrogens with zero attached hydrogens (tertiary/aromatic N) is 3. The van der Waals surface area contributed by atoms with Crippen molar-refractivity contribution in [2.45, 2.75) is 38.6 Å². The Labute approximate surface area is 237 Å². The SMILES string of the molecule is COc1ccccc1-c1c[nH]c2ncc(-c3ccc(NC(C)=O)c(C(=O)N4CCC(N5CCCC5)CC4)c3)cc12.[HH].[HH]. The number of hydrogen-bond donors (Lipinski definition) is 2. The molecule has 2 amide bonds. The van der Waals surface area contributed by atoms with Gasteiger partial charge in [-0.05, 0) is 68.6 Å². The maximum Gasteiger partial charge on any atom is 0.255 e. The highest BCUT2D eigenvalue weighted by Gasteiger charge is 2.29. The zero-order valence-corrected chi connectivity index (χ0v) is 23.1. The van der Waals surface area contributed by atoms with E-state index in [1.54, 1.807) is 7.11 Å². The zero-order valence-electron chi connectivity index (χ0n) is 23.1. The summed E-state index contributed by atoms with van der Waals surface area (Å²) in [4.78, 5) is 38.3. The Morgan fingerprint density at radius 1 is 1.00 bits per heavy atom. The third-order valence-corrected chi connectivity index (χ3v) is 8.23. The van der Waals surface area contributed by atoms with E-state index in [2.05, 4.69) is 26.3 Å². The second kappa shape index (κ2) is 11.1. The summed E-state index contributed by atoms with van der Waals surface area (Å²) in [6.07, 6.45) is 8.28. The molecule has 210 valence electrons. The molecular formula is C32H39N5O3. The van der Waals surface area contributed by atoms with E-state index in [4.69, 9.17) is 4.74 Å². The van der Waals surface area contributed by atoms with Crippen molar-refractivity contribution in [1.29, 1.82) is 0 Å². The van der Waals surface area contributed by atoms with Crippen LogP contribution in [-0.4, -0.2) is 70.9 Å². The van der Waals surface area contributed by atoms with Gasteiger partial charge in [-0.3, -0.25) is 9.59 Å². The number of carbonyl (C=O) groups is 2. The number of fused-ring (bicyclic) bond motifs is 1. The van der Waals surface area contributed by atoms with Gasteiger partial charge in [-0.15, -0.1) is 0 Å². The molecule has 2 N–H and O–H groups in total. The predicted molar refractivity (Wildman–Crippen MR) is 162 cm³/mol. The molecule has 4 aromatic rings. The standard InChI is InChI=1S/C32H35N5O3.2H2/c1-21(38)35-29-10-9-22(17-27(29)32(39)37-15-11-24(12-16-37)36-13-5-6-14-36)23-18-26-28(20-34-31(26)33-19-23)25-7-3-4-8-30(25)40-2;;/h3-4,7-10,17-20,24H,5-6,11-16H2,1-2H3,(H,33,34)(H,35,38);2*1H. The molecule has 2 fully saturated rings. The Kier molecular flexibility index (Phi) is 7.26. The lowest BCUT2D eigenvalue weighted by Gasteiger charge is -2.37. The van der Waals surface area contributed by atoms with Crippen molar-refractivity contribution in [3.8, 4) is 28.0 Å². The quantitative estimate of drug-likeness (QED) is 0.310. The van der Waals surface area contributed by atoms with Crippen LogP contribution >= 0.6 is 0 Å². The van der Waals surface area contributed by atoms with E-state index in [1.807, 2.05) is 59.8 Å². The number of hydrogen-bond acceptors (Lipinski definition) is 5. The number of aromatic amines is 1. The Morgan fingerprint density at radius 3 is 2.52 bits per heavy atom. The van der Waals surface area contributed by atoms with Crippen LogP contribution in [-0.2, 0) is 4.79 Å². The molecule has 2 aliphatic rings. The average molecular weight is 542 g/mol. The number of piperidine rings is 1. The Hall–Kier alpha value is -4.17. The molecule has 2 aromatic heterocycles. The molecule has 0 aliphatic carbocycles. The van der Waals surface area contributed by atoms with Crippen molar-refractivity contribution in [3.05, 3.63) is 66.5 Å². The summed E-state index contributed by atoms with van der Waals surface area (Å²) in [6, 6.07) is 16.2. The first-order valence-electron chi connectivity index (χ1n) is 14.1. The number of H-pyrrole nitrogens is 1. The lowest BCUT2D eigenvalue weighted by Crippen LogP contribution is -2.46. The van der Waals surface area contributed by atoms with Gasteiger partial charge in [0.1, 0.15) is 11.4 Å². The number of rotatable bonds is 6. The van der Waals surface area contributed by atoms with E-state index in [1.165, 1.54) is 32.9 Å². The van der Waals surface area contributed by atoms with Gasteiger partial charge in [-0.2, -0.15) is 0 Å². The van der Waals surface area contributed by atoms with Crippen LogP contribution in [0.3, 0.4) is 0 Å². The van der Waals surface area contributed by atoms with Crippen LogP contribution in [0.5, 0.6) is 5.75 Å². The molecule has 2 saturated heterocycles. The zero-order chi connectivity index (χ0) is 27.6. The summed E-state index contributed by atoms with van der Waals surface area (Å²) in [6.45, 7) is 5.26. The van der Waals surface area contributed by atoms with Crippen LogP contribution in [0.25, 0.3) is 33.3 Å². The molecule has 2 aliphatic heterocycles. The fraction of sp³-hybridized carbons (Fsp3) is 0.344. The molecule has 0 unspecified atom stereocenters. The first-order chi connectivity index (χ1) is 19.5. The molecular weight excluding hydrogens is 502 g/mol. The van der Waals surface area contributed by atoms with Crippen molar-refractivity contribution >= 4 is 28.5 Å². The van der Waals surface area contributed by atoms with Gasteiger partial charge in [0.2, 0.25) is 5.91 Å². The number of ether oxygens (including phenoxy) is 1. The van der Waals surface area contributed by atoms with E-state index in [9.17, 15) is 9.59 Å².